The minimum atomic E-state index is -0.886. The van der Waals surface area contributed by atoms with E-state index in [1.165, 1.54) is 0 Å². The zero-order valence-corrected chi connectivity index (χ0v) is 7.05. The molecule has 1 aromatic heterocycles. The van der Waals surface area contributed by atoms with Gasteiger partial charge in [0.15, 0.2) is 0 Å². The molecule has 0 bridgehead atoms. The zero-order valence-electron chi connectivity index (χ0n) is 7.05. The van der Waals surface area contributed by atoms with Crippen molar-refractivity contribution in [3.8, 4) is 0 Å². The van der Waals surface area contributed by atoms with Gasteiger partial charge in [-0.1, -0.05) is 0 Å². The molecule has 70 valence electrons. The van der Waals surface area contributed by atoms with Gasteiger partial charge in [0.05, 0.1) is 6.42 Å². The van der Waals surface area contributed by atoms with Gasteiger partial charge < -0.3 is 10.8 Å². The molecule has 0 saturated heterocycles. The summed E-state index contributed by atoms with van der Waals surface area (Å²) in [4.78, 5) is 18.3. The van der Waals surface area contributed by atoms with Gasteiger partial charge in [0, 0.05) is 24.9 Å². The van der Waals surface area contributed by atoms with Crippen LogP contribution in [0.3, 0.4) is 0 Å². The maximum Gasteiger partial charge on any atom is 0.304 e. The Bertz CT molecular complexity index is 276. The SMILES string of the molecule is NCC(CC(=O)O)c1ncccn1. The van der Waals surface area contributed by atoms with E-state index in [4.69, 9.17) is 10.8 Å². The number of aromatic nitrogens is 2. The van der Waals surface area contributed by atoms with Crippen molar-refractivity contribution >= 4 is 5.97 Å². The second-order valence-electron chi connectivity index (χ2n) is 2.64. The third-order valence-corrected chi connectivity index (χ3v) is 1.66. The van der Waals surface area contributed by atoms with Crippen molar-refractivity contribution in [2.45, 2.75) is 12.3 Å². The average molecular weight is 181 g/mol. The Kier molecular flexibility index (Phi) is 3.33. The maximum absolute atomic E-state index is 10.4. The predicted octanol–water partition coefficient (Wildman–Crippen LogP) is -0.00640. The molecule has 0 aliphatic carbocycles. The first-order chi connectivity index (χ1) is 6.24. The molecule has 1 unspecified atom stereocenters. The van der Waals surface area contributed by atoms with E-state index >= 15 is 0 Å². The van der Waals surface area contributed by atoms with Gasteiger partial charge in [0.2, 0.25) is 0 Å². The van der Waals surface area contributed by atoms with Gasteiger partial charge in [0.1, 0.15) is 5.82 Å². The highest BCUT2D eigenvalue weighted by molar-refractivity contribution is 5.67. The Hall–Kier alpha value is -1.49. The molecule has 1 heterocycles. The molecule has 0 amide bonds. The fourth-order valence-corrected chi connectivity index (χ4v) is 1.01. The molecule has 3 N–H and O–H groups in total. The normalized spacial score (nSPS) is 12.4. The number of hydrogen-bond donors (Lipinski definition) is 2. The van der Waals surface area contributed by atoms with Crippen LogP contribution in [-0.2, 0) is 4.79 Å². The summed E-state index contributed by atoms with van der Waals surface area (Å²) in [7, 11) is 0. The predicted molar refractivity (Wildman–Crippen MR) is 46.1 cm³/mol. The molecule has 0 aromatic carbocycles. The lowest BCUT2D eigenvalue weighted by molar-refractivity contribution is -0.137. The summed E-state index contributed by atoms with van der Waals surface area (Å²) in [5, 5.41) is 8.57. The highest BCUT2D eigenvalue weighted by Gasteiger charge is 2.15. The molecule has 0 aliphatic heterocycles. The molecule has 13 heavy (non-hydrogen) atoms. The molecule has 0 aliphatic rings. The zero-order chi connectivity index (χ0) is 9.68. The first kappa shape index (κ1) is 9.60. The minimum absolute atomic E-state index is 0.0273. The molecule has 1 atom stereocenters. The molecule has 5 nitrogen and oxygen atoms in total. The van der Waals surface area contributed by atoms with Crippen molar-refractivity contribution in [3.63, 3.8) is 0 Å². The molecule has 0 saturated carbocycles. The number of nitrogens with two attached hydrogens (primary N) is 1. The highest BCUT2D eigenvalue weighted by atomic mass is 16.4. The van der Waals surface area contributed by atoms with Crippen molar-refractivity contribution in [3.05, 3.63) is 24.3 Å². The van der Waals surface area contributed by atoms with Crippen molar-refractivity contribution < 1.29 is 9.90 Å². The van der Waals surface area contributed by atoms with Gasteiger partial charge in [0.25, 0.3) is 0 Å². The van der Waals surface area contributed by atoms with Crippen molar-refractivity contribution in [1.82, 2.24) is 9.97 Å². The summed E-state index contributed by atoms with van der Waals surface area (Å²) in [6, 6.07) is 1.68. The molecular weight excluding hydrogens is 170 g/mol. The van der Waals surface area contributed by atoms with E-state index in [-0.39, 0.29) is 18.9 Å². The average Bonchev–Trinajstić information content (AvgIpc) is 2.15. The number of carboxylic acids is 1. The Morgan fingerprint density at radius 2 is 2.15 bits per heavy atom. The maximum atomic E-state index is 10.4. The van der Waals surface area contributed by atoms with E-state index in [2.05, 4.69) is 9.97 Å². The van der Waals surface area contributed by atoms with E-state index in [0.29, 0.717) is 5.82 Å². The third kappa shape index (κ3) is 2.79. The van der Waals surface area contributed by atoms with Gasteiger partial charge in [-0.15, -0.1) is 0 Å². The van der Waals surface area contributed by atoms with E-state index in [0.717, 1.165) is 0 Å². The molecule has 0 fully saturated rings. The van der Waals surface area contributed by atoms with Crippen LogP contribution in [0.25, 0.3) is 0 Å². The van der Waals surface area contributed by atoms with Crippen molar-refractivity contribution in [2.75, 3.05) is 6.54 Å². The van der Waals surface area contributed by atoms with Gasteiger partial charge in [-0.25, -0.2) is 9.97 Å². The first-order valence-corrected chi connectivity index (χ1v) is 3.92. The summed E-state index contributed by atoms with van der Waals surface area (Å²) in [5.41, 5.74) is 5.41. The standard InChI is InChI=1S/C8H11N3O2/c9-5-6(4-7(12)13)8-10-2-1-3-11-8/h1-3,6H,4-5,9H2,(H,12,13). The lowest BCUT2D eigenvalue weighted by Gasteiger charge is -2.09. The van der Waals surface area contributed by atoms with Crippen LogP contribution in [0.5, 0.6) is 0 Å². The Morgan fingerprint density at radius 1 is 1.54 bits per heavy atom. The second-order valence-corrected chi connectivity index (χ2v) is 2.64. The second kappa shape index (κ2) is 4.51. The van der Waals surface area contributed by atoms with E-state index in [1.807, 2.05) is 0 Å². The number of hydrogen-bond acceptors (Lipinski definition) is 4. The Morgan fingerprint density at radius 3 is 2.62 bits per heavy atom. The van der Waals surface area contributed by atoms with Crippen LogP contribution in [0.1, 0.15) is 18.2 Å². The van der Waals surface area contributed by atoms with E-state index in [9.17, 15) is 4.79 Å². The van der Waals surface area contributed by atoms with Crippen LogP contribution >= 0.6 is 0 Å². The topological polar surface area (TPSA) is 89.1 Å². The lowest BCUT2D eigenvalue weighted by atomic mass is 10.1. The smallest absolute Gasteiger partial charge is 0.304 e. The summed E-state index contributed by atoms with van der Waals surface area (Å²) >= 11 is 0. The monoisotopic (exact) mass is 181 g/mol. The third-order valence-electron chi connectivity index (χ3n) is 1.66. The fourth-order valence-electron chi connectivity index (χ4n) is 1.01. The lowest BCUT2D eigenvalue weighted by Crippen LogP contribution is -2.18. The number of carboxylic acid groups (broad SMARTS) is 1. The quantitative estimate of drug-likeness (QED) is 0.682. The largest absolute Gasteiger partial charge is 0.481 e. The van der Waals surface area contributed by atoms with Crippen LogP contribution in [0.15, 0.2) is 18.5 Å². The number of nitrogens with zero attached hydrogens (tertiary/aromatic N) is 2. The fraction of sp³-hybridized carbons (Fsp3) is 0.375. The minimum Gasteiger partial charge on any atom is -0.481 e. The van der Waals surface area contributed by atoms with Gasteiger partial charge in [-0.3, -0.25) is 4.79 Å². The van der Waals surface area contributed by atoms with Crippen LogP contribution in [0.4, 0.5) is 0 Å². The van der Waals surface area contributed by atoms with Gasteiger partial charge in [-0.05, 0) is 6.07 Å². The van der Waals surface area contributed by atoms with Gasteiger partial charge in [-0.2, -0.15) is 0 Å². The number of rotatable bonds is 4. The Labute approximate surface area is 75.6 Å². The molecule has 0 radical (unpaired) electrons. The summed E-state index contributed by atoms with van der Waals surface area (Å²) in [6.45, 7) is 0.246. The summed E-state index contributed by atoms with van der Waals surface area (Å²) < 4.78 is 0. The van der Waals surface area contributed by atoms with Crippen LogP contribution in [-0.4, -0.2) is 27.6 Å². The first-order valence-electron chi connectivity index (χ1n) is 3.92. The van der Waals surface area contributed by atoms with Crippen molar-refractivity contribution in [1.29, 1.82) is 0 Å². The van der Waals surface area contributed by atoms with Crippen molar-refractivity contribution in [2.24, 2.45) is 5.73 Å². The summed E-state index contributed by atoms with van der Waals surface area (Å²) in [5.74, 6) is -0.686. The molecule has 1 rings (SSSR count). The number of carbonyl (C=O) groups is 1. The van der Waals surface area contributed by atoms with E-state index in [1.54, 1.807) is 18.5 Å². The van der Waals surface area contributed by atoms with Crippen LogP contribution in [0, 0.1) is 0 Å². The van der Waals surface area contributed by atoms with E-state index < -0.39 is 5.97 Å². The molecule has 1 aromatic rings. The van der Waals surface area contributed by atoms with Crippen LogP contribution in [0.2, 0.25) is 0 Å². The molecule has 5 heteroatoms. The van der Waals surface area contributed by atoms with Gasteiger partial charge >= 0.3 is 5.97 Å². The summed E-state index contributed by atoms with van der Waals surface area (Å²) in [6.07, 6.45) is 3.13. The number of aliphatic carboxylic acids is 1. The Balaban J connectivity index is 2.73. The highest BCUT2D eigenvalue weighted by Crippen LogP contribution is 2.12. The van der Waals surface area contributed by atoms with Crippen LogP contribution < -0.4 is 5.73 Å². The molecular formula is C8H11N3O2. The molecule has 0 spiro atoms.